The molecule has 1 aliphatic rings. The van der Waals surface area contributed by atoms with E-state index < -0.39 is 5.82 Å². The van der Waals surface area contributed by atoms with Crippen molar-refractivity contribution in [3.63, 3.8) is 0 Å². The molecule has 0 unspecified atom stereocenters. The van der Waals surface area contributed by atoms with Crippen molar-refractivity contribution in [2.75, 3.05) is 7.11 Å². The number of hydrogen-bond donors (Lipinski definition) is 2. The summed E-state index contributed by atoms with van der Waals surface area (Å²) in [5.41, 5.74) is 4.25. The molecule has 0 amide bonds. The highest BCUT2D eigenvalue weighted by molar-refractivity contribution is 6.31. The summed E-state index contributed by atoms with van der Waals surface area (Å²) >= 11 is 6.35. The maximum absolute atomic E-state index is 14.2. The van der Waals surface area contributed by atoms with Gasteiger partial charge in [0.05, 0.1) is 30.5 Å². The third-order valence-electron chi connectivity index (χ3n) is 6.75. The summed E-state index contributed by atoms with van der Waals surface area (Å²) in [5.74, 6) is -0.141. The normalized spacial score (nSPS) is 19.7. The van der Waals surface area contributed by atoms with Crippen LogP contribution in [0.25, 0.3) is 22.2 Å². The fraction of sp³-hybridized carbons (Fsp3) is 0.360. The maximum Gasteiger partial charge on any atom is 0.142 e. The van der Waals surface area contributed by atoms with E-state index in [1.54, 1.807) is 13.2 Å². The van der Waals surface area contributed by atoms with Crippen LogP contribution in [-0.4, -0.2) is 38.1 Å². The number of fused-ring (bicyclic) bond motifs is 1. The lowest BCUT2D eigenvalue weighted by atomic mass is 9.91. The van der Waals surface area contributed by atoms with E-state index in [2.05, 4.69) is 21.1 Å². The third kappa shape index (κ3) is 4.00. The summed E-state index contributed by atoms with van der Waals surface area (Å²) in [7, 11) is 1.55. The number of rotatable bonds is 5. The topological polar surface area (TPSA) is 76.0 Å². The van der Waals surface area contributed by atoms with Crippen LogP contribution in [-0.2, 0) is 0 Å². The number of nitrogens with one attached hydrogen (secondary N) is 1. The summed E-state index contributed by atoms with van der Waals surface area (Å²) < 4.78 is 21.7. The zero-order valence-electron chi connectivity index (χ0n) is 18.6. The molecule has 0 radical (unpaired) electrons. The molecule has 0 bridgehead atoms. The standard InChI is InChI=1S/C25H26ClFN4O2/c1-14(23-22(33-2)8-7-21(27)24(23)26)20-12-29-25-19(20)9-15(10-28-25)16-11-30-31(13-16)17-3-5-18(32)6-4-17/h7-14,17-18,32H,3-6H2,1-2H3,(H,28,29)/t14-,17-,18-/m0/s1. The molecule has 0 aliphatic heterocycles. The molecule has 1 saturated carbocycles. The highest BCUT2D eigenvalue weighted by Crippen LogP contribution is 2.41. The van der Waals surface area contributed by atoms with Gasteiger partial charge in [0.15, 0.2) is 0 Å². The quantitative estimate of drug-likeness (QED) is 0.385. The van der Waals surface area contributed by atoms with Gasteiger partial charge in [-0.3, -0.25) is 4.68 Å². The number of aliphatic hydroxyl groups excluding tert-OH is 1. The van der Waals surface area contributed by atoms with Crippen LogP contribution in [0.1, 0.15) is 55.7 Å². The van der Waals surface area contributed by atoms with Gasteiger partial charge in [0.25, 0.3) is 0 Å². The number of nitrogens with zero attached hydrogens (tertiary/aromatic N) is 3. The van der Waals surface area contributed by atoms with E-state index >= 15 is 0 Å². The van der Waals surface area contributed by atoms with Crippen LogP contribution >= 0.6 is 11.6 Å². The Morgan fingerprint density at radius 1 is 1.21 bits per heavy atom. The van der Waals surface area contributed by atoms with Crippen LogP contribution in [0.5, 0.6) is 5.75 Å². The molecule has 8 heteroatoms. The number of aromatic nitrogens is 4. The van der Waals surface area contributed by atoms with Gasteiger partial charge >= 0.3 is 0 Å². The van der Waals surface area contributed by atoms with Crippen LogP contribution in [0.15, 0.2) is 43.0 Å². The van der Waals surface area contributed by atoms with Crippen molar-refractivity contribution in [1.29, 1.82) is 0 Å². The number of halogens is 2. The molecule has 3 heterocycles. The Hall–Kier alpha value is -2.90. The molecule has 1 fully saturated rings. The predicted octanol–water partition coefficient (Wildman–Crippen LogP) is 5.86. The molecule has 3 aromatic heterocycles. The summed E-state index contributed by atoms with van der Waals surface area (Å²) in [5, 5.41) is 15.4. The van der Waals surface area contributed by atoms with E-state index in [9.17, 15) is 9.50 Å². The van der Waals surface area contributed by atoms with Crippen molar-refractivity contribution in [1.82, 2.24) is 19.7 Å². The number of methoxy groups -OCH3 is 1. The number of hydrogen-bond acceptors (Lipinski definition) is 4. The maximum atomic E-state index is 14.2. The fourth-order valence-electron chi connectivity index (χ4n) is 4.83. The minimum Gasteiger partial charge on any atom is -0.496 e. The van der Waals surface area contributed by atoms with Crippen LogP contribution in [0, 0.1) is 5.82 Å². The molecule has 0 saturated heterocycles. The molecule has 1 aromatic carbocycles. The van der Waals surface area contributed by atoms with Crippen molar-refractivity contribution in [3.8, 4) is 16.9 Å². The van der Waals surface area contributed by atoms with E-state index in [-0.39, 0.29) is 17.0 Å². The van der Waals surface area contributed by atoms with Crippen LogP contribution < -0.4 is 4.74 Å². The molecular formula is C25H26ClFN4O2. The Bertz CT molecular complexity index is 1290. The van der Waals surface area contributed by atoms with Crippen molar-refractivity contribution in [2.45, 2.75) is 50.7 Å². The minimum atomic E-state index is -0.472. The van der Waals surface area contributed by atoms with Crippen LogP contribution in [0.2, 0.25) is 5.02 Å². The van der Waals surface area contributed by atoms with E-state index in [4.69, 9.17) is 16.3 Å². The molecule has 0 spiro atoms. The lowest BCUT2D eigenvalue weighted by Crippen LogP contribution is -2.21. The number of aromatic amines is 1. The molecule has 5 rings (SSSR count). The van der Waals surface area contributed by atoms with Crippen molar-refractivity contribution in [3.05, 3.63) is 65.0 Å². The van der Waals surface area contributed by atoms with Gasteiger partial charge in [-0.2, -0.15) is 5.10 Å². The van der Waals surface area contributed by atoms with Gasteiger partial charge in [0.2, 0.25) is 0 Å². The molecule has 6 nitrogen and oxygen atoms in total. The number of ether oxygens (including phenoxy) is 1. The lowest BCUT2D eigenvalue weighted by molar-refractivity contribution is 0.108. The number of benzene rings is 1. The van der Waals surface area contributed by atoms with Crippen molar-refractivity contribution in [2.24, 2.45) is 0 Å². The van der Waals surface area contributed by atoms with E-state index in [1.807, 2.05) is 36.4 Å². The monoisotopic (exact) mass is 468 g/mol. The largest absolute Gasteiger partial charge is 0.496 e. The van der Waals surface area contributed by atoms with Crippen molar-refractivity contribution < 1.29 is 14.2 Å². The predicted molar refractivity (Wildman–Crippen MR) is 126 cm³/mol. The van der Waals surface area contributed by atoms with E-state index in [1.165, 1.54) is 6.07 Å². The van der Waals surface area contributed by atoms with Crippen molar-refractivity contribution >= 4 is 22.6 Å². The number of H-pyrrole nitrogens is 1. The Balaban J connectivity index is 1.50. The Morgan fingerprint density at radius 2 is 2.00 bits per heavy atom. The summed E-state index contributed by atoms with van der Waals surface area (Å²) in [4.78, 5) is 7.82. The second-order valence-electron chi connectivity index (χ2n) is 8.73. The Labute approximate surface area is 196 Å². The first-order chi connectivity index (χ1) is 16.0. The van der Waals surface area contributed by atoms with Crippen LogP contribution in [0.4, 0.5) is 4.39 Å². The molecule has 1 aliphatic carbocycles. The smallest absolute Gasteiger partial charge is 0.142 e. The second-order valence-corrected chi connectivity index (χ2v) is 9.11. The molecule has 4 aromatic rings. The Morgan fingerprint density at radius 3 is 2.76 bits per heavy atom. The zero-order chi connectivity index (χ0) is 23.1. The molecule has 2 N–H and O–H groups in total. The summed E-state index contributed by atoms with van der Waals surface area (Å²) in [6.45, 7) is 1.98. The summed E-state index contributed by atoms with van der Waals surface area (Å²) in [6, 6.07) is 5.31. The number of aliphatic hydroxyl groups is 1. The third-order valence-corrected chi connectivity index (χ3v) is 7.13. The van der Waals surface area contributed by atoms with Gasteiger partial charge in [0, 0.05) is 46.6 Å². The SMILES string of the molecule is COc1ccc(F)c(Cl)c1[C@@H](C)c1c[nH]c2ncc(-c3cnn([C@H]4CC[C@H](O)CC4)c3)cc12. The fourth-order valence-corrected chi connectivity index (χ4v) is 5.15. The van der Waals surface area contributed by atoms with Gasteiger partial charge in [-0.1, -0.05) is 18.5 Å². The van der Waals surface area contributed by atoms with Crippen LogP contribution in [0.3, 0.4) is 0 Å². The van der Waals surface area contributed by atoms with Gasteiger partial charge in [-0.15, -0.1) is 0 Å². The average molecular weight is 469 g/mol. The van der Waals surface area contributed by atoms with Gasteiger partial charge in [-0.05, 0) is 49.4 Å². The number of pyridine rings is 1. The van der Waals surface area contributed by atoms with Gasteiger partial charge in [-0.25, -0.2) is 9.37 Å². The second kappa shape index (κ2) is 8.80. The highest BCUT2D eigenvalue weighted by atomic mass is 35.5. The van der Waals surface area contributed by atoms with Gasteiger partial charge < -0.3 is 14.8 Å². The lowest BCUT2D eigenvalue weighted by Gasteiger charge is -2.25. The molecule has 33 heavy (non-hydrogen) atoms. The average Bonchev–Trinajstić information content (AvgIpc) is 3.48. The first-order valence-electron chi connectivity index (χ1n) is 11.2. The first-order valence-corrected chi connectivity index (χ1v) is 11.6. The van der Waals surface area contributed by atoms with E-state index in [0.717, 1.165) is 53.4 Å². The molecular weight excluding hydrogens is 443 g/mol. The summed E-state index contributed by atoms with van der Waals surface area (Å²) in [6.07, 6.45) is 10.9. The minimum absolute atomic E-state index is 0.0687. The first kappa shape index (κ1) is 21.9. The van der Waals surface area contributed by atoms with E-state index in [0.29, 0.717) is 17.4 Å². The molecule has 172 valence electrons. The zero-order valence-corrected chi connectivity index (χ0v) is 19.3. The molecule has 1 atom stereocenters. The highest BCUT2D eigenvalue weighted by Gasteiger charge is 2.24. The van der Waals surface area contributed by atoms with Gasteiger partial charge in [0.1, 0.15) is 17.2 Å². The Kier molecular flexibility index (Phi) is 5.85.